The summed E-state index contributed by atoms with van der Waals surface area (Å²) >= 11 is 0. The summed E-state index contributed by atoms with van der Waals surface area (Å²) in [6.45, 7) is 1.78. The predicted octanol–water partition coefficient (Wildman–Crippen LogP) is 0.276. The average Bonchev–Trinajstić information content (AvgIpc) is 3.13. The molecule has 8 heteroatoms. The summed E-state index contributed by atoms with van der Waals surface area (Å²) in [5, 5.41) is 5.90. The molecule has 1 saturated carbocycles. The Bertz CT molecular complexity index is 670. The summed E-state index contributed by atoms with van der Waals surface area (Å²) in [6.07, 6.45) is 2.57. The Balaban J connectivity index is 1.73. The van der Waals surface area contributed by atoms with Crippen molar-refractivity contribution in [1.82, 2.24) is 15.3 Å². The molecule has 3 rings (SSSR count). The molecule has 1 aliphatic heterocycles. The lowest BCUT2D eigenvalue weighted by atomic mass is 10.2. The van der Waals surface area contributed by atoms with Gasteiger partial charge in [0.25, 0.3) is 5.91 Å². The summed E-state index contributed by atoms with van der Waals surface area (Å²) in [6, 6.07) is 1.72. The van der Waals surface area contributed by atoms with Gasteiger partial charge in [0.1, 0.15) is 5.69 Å². The van der Waals surface area contributed by atoms with Crippen LogP contribution in [0.4, 0.5) is 5.95 Å². The summed E-state index contributed by atoms with van der Waals surface area (Å²) in [5.74, 6) is 0.391. The Morgan fingerprint density at radius 2 is 2.00 bits per heavy atom. The van der Waals surface area contributed by atoms with E-state index in [-0.39, 0.29) is 29.5 Å². The Morgan fingerprint density at radius 3 is 2.62 bits per heavy atom. The average molecular weight is 310 g/mol. The first-order valence-electron chi connectivity index (χ1n) is 7.05. The van der Waals surface area contributed by atoms with Gasteiger partial charge in [-0.05, 0) is 32.3 Å². The third kappa shape index (κ3) is 3.69. The highest BCUT2D eigenvalue weighted by molar-refractivity contribution is 7.91. The van der Waals surface area contributed by atoms with Crippen LogP contribution in [0.15, 0.2) is 6.07 Å². The molecular weight excluding hydrogens is 292 g/mol. The number of rotatable bonds is 4. The second-order valence-electron chi connectivity index (χ2n) is 5.71. The van der Waals surface area contributed by atoms with Gasteiger partial charge in [0, 0.05) is 17.8 Å². The van der Waals surface area contributed by atoms with Gasteiger partial charge in [-0.15, -0.1) is 0 Å². The maximum atomic E-state index is 12.0. The lowest BCUT2D eigenvalue weighted by Gasteiger charge is -2.12. The van der Waals surface area contributed by atoms with E-state index in [2.05, 4.69) is 20.6 Å². The number of carbonyl (C=O) groups excluding carboxylic acids is 1. The van der Waals surface area contributed by atoms with Crippen molar-refractivity contribution in [2.75, 3.05) is 16.8 Å². The number of nitrogens with one attached hydrogen (secondary N) is 2. The number of hydrogen-bond donors (Lipinski definition) is 2. The quantitative estimate of drug-likeness (QED) is 0.828. The molecular formula is C13H18N4O3S. The van der Waals surface area contributed by atoms with Crippen LogP contribution in [0.3, 0.4) is 0 Å². The van der Waals surface area contributed by atoms with Crippen molar-refractivity contribution in [3.05, 3.63) is 17.5 Å². The van der Waals surface area contributed by atoms with Gasteiger partial charge in [-0.3, -0.25) is 4.79 Å². The predicted molar refractivity (Wildman–Crippen MR) is 77.9 cm³/mol. The highest BCUT2D eigenvalue weighted by Gasteiger charge is 2.29. The van der Waals surface area contributed by atoms with Crippen LogP contribution >= 0.6 is 0 Å². The van der Waals surface area contributed by atoms with E-state index in [1.165, 1.54) is 0 Å². The smallest absolute Gasteiger partial charge is 0.270 e. The monoisotopic (exact) mass is 310 g/mol. The van der Waals surface area contributed by atoms with Gasteiger partial charge in [-0.2, -0.15) is 0 Å². The van der Waals surface area contributed by atoms with Gasteiger partial charge in [-0.25, -0.2) is 18.4 Å². The number of anilines is 1. The van der Waals surface area contributed by atoms with Crippen LogP contribution in [-0.4, -0.2) is 47.9 Å². The third-order valence-corrected chi connectivity index (χ3v) is 5.33. The van der Waals surface area contributed by atoms with Crippen LogP contribution in [0.1, 0.15) is 35.4 Å². The largest absolute Gasteiger partial charge is 0.350 e. The molecule has 1 aromatic rings. The molecule has 2 N–H and O–H groups in total. The minimum atomic E-state index is -2.96. The Labute approximate surface area is 123 Å². The second kappa shape index (κ2) is 5.25. The second-order valence-corrected chi connectivity index (χ2v) is 7.94. The number of aryl methyl sites for hydroxylation is 1. The lowest BCUT2D eigenvalue weighted by Crippen LogP contribution is -2.28. The zero-order valence-corrected chi connectivity index (χ0v) is 12.6. The van der Waals surface area contributed by atoms with E-state index in [9.17, 15) is 13.2 Å². The molecule has 1 aliphatic carbocycles. The maximum Gasteiger partial charge on any atom is 0.270 e. The van der Waals surface area contributed by atoms with Crippen molar-refractivity contribution in [3.63, 3.8) is 0 Å². The minimum absolute atomic E-state index is 0.0912. The first-order valence-corrected chi connectivity index (χ1v) is 8.87. The minimum Gasteiger partial charge on any atom is -0.350 e. The molecule has 2 aliphatic rings. The molecule has 0 aromatic carbocycles. The number of nitrogens with zero attached hydrogens (tertiary/aromatic N) is 2. The van der Waals surface area contributed by atoms with E-state index in [0.29, 0.717) is 23.8 Å². The zero-order valence-electron chi connectivity index (χ0n) is 11.8. The zero-order chi connectivity index (χ0) is 15.0. The fourth-order valence-corrected chi connectivity index (χ4v) is 4.00. The van der Waals surface area contributed by atoms with Gasteiger partial charge in [0.2, 0.25) is 5.95 Å². The number of hydrogen-bond acceptors (Lipinski definition) is 6. The highest BCUT2D eigenvalue weighted by atomic mass is 32.2. The van der Waals surface area contributed by atoms with E-state index >= 15 is 0 Å². The van der Waals surface area contributed by atoms with Crippen LogP contribution < -0.4 is 10.6 Å². The van der Waals surface area contributed by atoms with E-state index < -0.39 is 9.84 Å². The molecule has 2 fully saturated rings. The number of amides is 1. The van der Waals surface area contributed by atoms with E-state index in [1.807, 2.05) is 0 Å². The molecule has 0 bridgehead atoms. The molecule has 0 spiro atoms. The van der Waals surface area contributed by atoms with Gasteiger partial charge < -0.3 is 10.6 Å². The summed E-state index contributed by atoms with van der Waals surface area (Å²) < 4.78 is 22.9. The van der Waals surface area contributed by atoms with Crippen molar-refractivity contribution in [3.8, 4) is 0 Å². The van der Waals surface area contributed by atoms with Crippen LogP contribution in [0.5, 0.6) is 0 Å². The lowest BCUT2D eigenvalue weighted by molar-refractivity contribution is 0.0946. The molecule has 2 heterocycles. The topological polar surface area (TPSA) is 101 Å². The molecule has 1 amide bonds. The fraction of sp³-hybridized carbons (Fsp3) is 0.615. The molecule has 1 unspecified atom stereocenters. The normalized spacial score (nSPS) is 23.8. The SMILES string of the molecule is Cc1cc(C(=O)NC2CC2)nc(NC2CCS(=O)(=O)C2)n1. The number of sulfone groups is 1. The fourth-order valence-electron chi connectivity index (χ4n) is 2.33. The van der Waals surface area contributed by atoms with Gasteiger partial charge >= 0.3 is 0 Å². The van der Waals surface area contributed by atoms with Crippen LogP contribution in [0.2, 0.25) is 0 Å². The van der Waals surface area contributed by atoms with Crippen molar-refractivity contribution in [2.45, 2.75) is 38.3 Å². The summed E-state index contributed by atoms with van der Waals surface area (Å²) in [7, 11) is -2.96. The maximum absolute atomic E-state index is 12.0. The van der Waals surface area contributed by atoms with Crippen LogP contribution in [0.25, 0.3) is 0 Å². The molecule has 0 radical (unpaired) electrons. The molecule has 7 nitrogen and oxygen atoms in total. The molecule has 1 atom stereocenters. The van der Waals surface area contributed by atoms with E-state index in [0.717, 1.165) is 12.8 Å². The van der Waals surface area contributed by atoms with Crippen molar-refractivity contribution < 1.29 is 13.2 Å². The van der Waals surface area contributed by atoms with Crippen LogP contribution in [0, 0.1) is 6.92 Å². The van der Waals surface area contributed by atoms with Crippen LogP contribution in [-0.2, 0) is 9.84 Å². The molecule has 21 heavy (non-hydrogen) atoms. The Hall–Kier alpha value is -1.70. The van der Waals surface area contributed by atoms with Gasteiger partial charge in [0.15, 0.2) is 9.84 Å². The van der Waals surface area contributed by atoms with E-state index in [4.69, 9.17) is 0 Å². The third-order valence-electron chi connectivity index (χ3n) is 3.57. The van der Waals surface area contributed by atoms with Crippen molar-refractivity contribution >= 4 is 21.7 Å². The molecule has 1 aromatic heterocycles. The summed E-state index contributed by atoms with van der Waals surface area (Å²) in [5.41, 5.74) is 0.993. The summed E-state index contributed by atoms with van der Waals surface area (Å²) in [4.78, 5) is 20.4. The van der Waals surface area contributed by atoms with E-state index in [1.54, 1.807) is 13.0 Å². The standard InChI is InChI=1S/C13H18N4O3S/c1-8-6-11(12(18)15-9-2-3-9)17-13(14-8)16-10-4-5-21(19,20)7-10/h6,9-10H,2-5,7H2,1H3,(H,15,18)(H,14,16,17). The first-order chi connectivity index (χ1) is 9.91. The van der Waals surface area contributed by atoms with Gasteiger partial charge in [-0.1, -0.05) is 0 Å². The Kier molecular flexibility index (Phi) is 3.56. The van der Waals surface area contributed by atoms with Gasteiger partial charge in [0.05, 0.1) is 11.5 Å². The highest BCUT2D eigenvalue weighted by Crippen LogP contribution is 2.20. The Morgan fingerprint density at radius 1 is 1.24 bits per heavy atom. The number of carbonyl (C=O) groups is 1. The molecule has 1 saturated heterocycles. The molecule has 114 valence electrons. The van der Waals surface area contributed by atoms with Crippen molar-refractivity contribution in [2.24, 2.45) is 0 Å². The van der Waals surface area contributed by atoms with Crippen molar-refractivity contribution in [1.29, 1.82) is 0 Å². The number of aromatic nitrogens is 2. The first kappa shape index (κ1) is 14.2.